The fraction of sp³-hybridized carbons (Fsp3) is 0.692. The van der Waals surface area contributed by atoms with Crippen LogP contribution in [0.2, 0.25) is 0 Å². The van der Waals surface area contributed by atoms with Crippen LogP contribution >= 0.6 is 11.3 Å². The van der Waals surface area contributed by atoms with Crippen LogP contribution in [0.15, 0.2) is 17.5 Å². The van der Waals surface area contributed by atoms with Crippen molar-refractivity contribution in [2.45, 2.75) is 26.3 Å². The fourth-order valence-electron chi connectivity index (χ4n) is 2.44. The Morgan fingerprint density at radius 1 is 1.56 bits per heavy atom. The third kappa shape index (κ3) is 2.84. The highest BCUT2D eigenvalue weighted by atomic mass is 32.1. The number of likely N-dealkylation sites (tertiary alicyclic amines) is 1. The fourth-order valence-corrected chi connectivity index (χ4v) is 3.16. The summed E-state index contributed by atoms with van der Waals surface area (Å²) < 4.78 is 0. The molecule has 1 aromatic heterocycles. The molecule has 2 heterocycles. The van der Waals surface area contributed by atoms with Crippen molar-refractivity contribution in [3.05, 3.63) is 22.4 Å². The predicted octanol–water partition coefficient (Wildman–Crippen LogP) is 2.73. The molecule has 1 aliphatic rings. The standard InChI is InChI=1S/C13H22N2S/c1-10(2)11-5-6-15(8-11)9-12(14)13-4-3-7-16-13/h3-4,7,10-12H,5-6,8-9,14H2,1-2H3. The highest BCUT2D eigenvalue weighted by molar-refractivity contribution is 7.10. The lowest BCUT2D eigenvalue weighted by Crippen LogP contribution is -2.30. The summed E-state index contributed by atoms with van der Waals surface area (Å²) in [5.41, 5.74) is 6.21. The van der Waals surface area contributed by atoms with Crippen LogP contribution in [-0.2, 0) is 0 Å². The van der Waals surface area contributed by atoms with Crippen LogP contribution in [-0.4, -0.2) is 24.5 Å². The molecule has 2 unspecified atom stereocenters. The molecule has 0 radical (unpaired) electrons. The van der Waals surface area contributed by atoms with Gasteiger partial charge in [0.1, 0.15) is 0 Å². The molecule has 16 heavy (non-hydrogen) atoms. The van der Waals surface area contributed by atoms with Crippen LogP contribution in [0.5, 0.6) is 0 Å². The van der Waals surface area contributed by atoms with Crippen LogP contribution in [0.25, 0.3) is 0 Å². The third-order valence-electron chi connectivity index (χ3n) is 3.62. The van der Waals surface area contributed by atoms with Gasteiger partial charge in [0.2, 0.25) is 0 Å². The van der Waals surface area contributed by atoms with E-state index in [1.54, 1.807) is 11.3 Å². The summed E-state index contributed by atoms with van der Waals surface area (Å²) in [6, 6.07) is 4.43. The van der Waals surface area contributed by atoms with Crippen LogP contribution < -0.4 is 5.73 Å². The van der Waals surface area contributed by atoms with Crippen molar-refractivity contribution in [3.63, 3.8) is 0 Å². The molecule has 0 spiro atoms. The lowest BCUT2D eigenvalue weighted by atomic mass is 9.95. The second-order valence-corrected chi connectivity index (χ2v) is 6.15. The second kappa shape index (κ2) is 5.30. The highest BCUT2D eigenvalue weighted by Crippen LogP contribution is 2.26. The zero-order valence-electron chi connectivity index (χ0n) is 10.2. The number of nitrogens with zero attached hydrogens (tertiary/aromatic N) is 1. The molecule has 2 nitrogen and oxygen atoms in total. The Morgan fingerprint density at radius 3 is 2.94 bits per heavy atom. The Hall–Kier alpha value is -0.380. The van der Waals surface area contributed by atoms with Crippen LogP contribution in [0.4, 0.5) is 0 Å². The van der Waals surface area contributed by atoms with Crippen molar-refractivity contribution >= 4 is 11.3 Å². The molecule has 2 atom stereocenters. The first-order valence-electron chi connectivity index (χ1n) is 6.18. The summed E-state index contributed by atoms with van der Waals surface area (Å²) in [7, 11) is 0. The average molecular weight is 238 g/mol. The van der Waals surface area contributed by atoms with E-state index < -0.39 is 0 Å². The molecule has 1 aromatic rings. The van der Waals surface area contributed by atoms with Gasteiger partial charge in [0.15, 0.2) is 0 Å². The van der Waals surface area contributed by atoms with Gasteiger partial charge in [0.25, 0.3) is 0 Å². The van der Waals surface area contributed by atoms with Gasteiger partial charge >= 0.3 is 0 Å². The topological polar surface area (TPSA) is 29.3 Å². The molecule has 0 bridgehead atoms. The van der Waals surface area contributed by atoms with Crippen LogP contribution in [0.3, 0.4) is 0 Å². The lowest BCUT2D eigenvalue weighted by Gasteiger charge is -2.21. The van der Waals surface area contributed by atoms with Crippen LogP contribution in [0, 0.1) is 11.8 Å². The van der Waals surface area contributed by atoms with E-state index in [9.17, 15) is 0 Å². The van der Waals surface area contributed by atoms with Crippen molar-refractivity contribution in [1.29, 1.82) is 0 Å². The van der Waals surface area contributed by atoms with Gasteiger partial charge in [-0.3, -0.25) is 0 Å². The number of nitrogens with two attached hydrogens (primary N) is 1. The van der Waals surface area contributed by atoms with Gasteiger partial charge in [-0.15, -0.1) is 11.3 Å². The number of hydrogen-bond acceptors (Lipinski definition) is 3. The minimum Gasteiger partial charge on any atom is -0.322 e. The van der Waals surface area contributed by atoms with E-state index in [1.165, 1.54) is 24.4 Å². The van der Waals surface area contributed by atoms with Gasteiger partial charge in [0, 0.05) is 18.0 Å². The Labute approximate surface area is 102 Å². The molecule has 2 rings (SSSR count). The van der Waals surface area contributed by atoms with Crippen molar-refractivity contribution in [2.24, 2.45) is 17.6 Å². The van der Waals surface area contributed by atoms with Crippen molar-refractivity contribution in [3.8, 4) is 0 Å². The van der Waals surface area contributed by atoms with E-state index in [2.05, 4.69) is 36.3 Å². The van der Waals surface area contributed by atoms with Gasteiger partial charge < -0.3 is 10.6 Å². The Morgan fingerprint density at radius 2 is 2.38 bits per heavy atom. The molecule has 0 amide bonds. The molecular weight excluding hydrogens is 216 g/mol. The van der Waals surface area contributed by atoms with E-state index in [4.69, 9.17) is 5.73 Å². The van der Waals surface area contributed by atoms with E-state index in [0.717, 1.165) is 18.4 Å². The zero-order valence-corrected chi connectivity index (χ0v) is 11.0. The smallest absolute Gasteiger partial charge is 0.0519 e. The number of thiophene rings is 1. The monoisotopic (exact) mass is 238 g/mol. The highest BCUT2D eigenvalue weighted by Gasteiger charge is 2.26. The van der Waals surface area contributed by atoms with Crippen molar-refractivity contribution < 1.29 is 0 Å². The molecule has 0 saturated carbocycles. The number of rotatable bonds is 4. The maximum absolute atomic E-state index is 6.21. The molecule has 0 aliphatic carbocycles. The molecular formula is C13H22N2S. The molecule has 0 aromatic carbocycles. The first-order valence-corrected chi connectivity index (χ1v) is 7.06. The largest absolute Gasteiger partial charge is 0.322 e. The SMILES string of the molecule is CC(C)C1CCN(CC(N)c2cccs2)C1. The molecule has 1 aliphatic heterocycles. The summed E-state index contributed by atoms with van der Waals surface area (Å²) in [5.74, 6) is 1.68. The minimum atomic E-state index is 0.200. The normalized spacial score (nSPS) is 24.1. The lowest BCUT2D eigenvalue weighted by molar-refractivity contribution is 0.288. The van der Waals surface area contributed by atoms with E-state index in [1.807, 2.05) is 0 Å². The molecule has 2 N–H and O–H groups in total. The van der Waals surface area contributed by atoms with Crippen LogP contribution in [0.1, 0.15) is 31.2 Å². The summed E-state index contributed by atoms with van der Waals surface area (Å²) in [6.07, 6.45) is 1.34. The van der Waals surface area contributed by atoms with Crippen molar-refractivity contribution in [1.82, 2.24) is 4.90 Å². The third-order valence-corrected chi connectivity index (χ3v) is 4.62. The average Bonchev–Trinajstić information content (AvgIpc) is 2.87. The van der Waals surface area contributed by atoms with Gasteiger partial charge in [-0.1, -0.05) is 19.9 Å². The molecule has 3 heteroatoms. The van der Waals surface area contributed by atoms with E-state index in [0.29, 0.717) is 0 Å². The first-order chi connectivity index (χ1) is 7.66. The zero-order chi connectivity index (χ0) is 11.5. The predicted molar refractivity (Wildman–Crippen MR) is 70.6 cm³/mol. The first kappa shape index (κ1) is 12.1. The Balaban J connectivity index is 1.83. The molecule has 1 saturated heterocycles. The quantitative estimate of drug-likeness (QED) is 0.874. The summed E-state index contributed by atoms with van der Waals surface area (Å²) in [6.45, 7) is 8.13. The molecule has 1 fully saturated rings. The Kier molecular flexibility index (Phi) is 4.00. The molecule has 90 valence electrons. The minimum absolute atomic E-state index is 0.200. The number of hydrogen-bond donors (Lipinski definition) is 1. The maximum atomic E-state index is 6.21. The van der Waals surface area contributed by atoms with Gasteiger partial charge in [-0.05, 0) is 36.2 Å². The van der Waals surface area contributed by atoms with Gasteiger partial charge in [-0.2, -0.15) is 0 Å². The summed E-state index contributed by atoms with van der Waals surface area (Å²) in [4.78, 5) is 3.84. The van der Waals surface area contributed by atoms with Gasteiger partial charge in [0.05, 0.1) is 6.04 Å². The van der Waals surface area contributed by atoms with E-state index >= 15 is 0 Å². The Bertz CT molecular complexity index is 308. The van der Waals surface area contributed by atoms with E-state index in [-0.39, 0.29) is 6.04 Å². The van der Waals surface area contributed by atoms with Gasteiger partial charge in [-0.25, -0.2) is 0 Å². The summed E-state index contributed by atoms with van der Waals surface area (Å²) >= 11 is 1.77. The second-order valence-electron chi connectivity index (χ2n) is 5.17. The maximum Gasteiger partial charge on any atom is 0.0519 e. The van der Waals surface area contributed by atoms with Crippen molar-refractivity contribution in [2.75, 3.05) is 19.6 Å². The summed E-state index contributed by atoms with van der Waals surface area (Å²) in [5, 5.41) is 2.11.